The van der Waals surface area contributed by atoms with Crippen LogP contribution in [0.1, 0.15) is 341 Å². The van der Waals surface area contributed by atoms with Crippen LogP contribution < -0.4 is 5.32 Å². The van der Waals surface area contributed by atoms with E-state index in [1.807, 2.05) is 6.08 Å². The van der Waals surface area contributed by atoms with Crippen molar-refractivity contribution in [3.05, 3.63) is 36.5 Å². The smallest absolute Gasteiger partial charge is 0.305 e. The molecule has 0 aliphatic carbocycles. The Morgan fingerprint density at radius 2 is 0.704 bits per heavy atom. The van der Waals surface area contributed by atoms with E-state index in [0.29, 0.717) is 19.4 Å². The first-order valence-electron chi connectivity index (χ1n) is 31.8. The number of carbonyl (C=O) groups is 2. The maximum absolute atomic E-state index is 12.5. The van der Waals surface area contributed by atoms with Crippen molar-refractivity contribution in [2.45, 2.75) is 353 Å². The summed E-state index contributed by atoms with van der Waals surface area (Å²) in [5.41, 5.74) is 0. The van der Waals surface area contributed by atoms with Crippen molar-refractivity contribution in [3.63, 3.8) is 0 Å². The third-order valence-electron chi connectivity index (χ3n) is 14.7. The average Bonchev–Trinajstić information content (AvgIpc) is 3.37. The van der Waals surface area contributed by atoms with Gasteiger partial charge in [0.1, 0.15) is 0 Å². The lowest BCUT2D eigenvalue weighted by atomic mass is 10.0. The molecule has 2 atom stereocenters. The zero-order chi connectivity index (χ0) is 51.4. The largest absolute Gasteiger partial charge is 0.465 e. The number of aliphatic hydroxyl groups excluding tert-OH is 2. The highest BCUT2D eigenvalue weighted by Gasteiger charge is 2.18. The molecule has 3 N–H and O–H groups in total. The maximum Gasteiger partial charge on any atom is 0.305 e. The van der Waals surface area contributed by atoms with Gasteiger partial charge in [0, 0.05) is 12.8 Å². The molecule has 0 aliphatic rings. The van der Waals surface area contributed by atoms with Crippen LogP contribution in [0.3, 0.4) is 0 Å². The molecule has 0 fully saturated rings. The molecule has 6 nitrogen and oxygen atoms in total. The lowest BCUT2D eigenvalue weighted by Gasteiger charge is -2.20. The Bertz CT molecular complexity index is 1150. The molecule has 71 heavy (non-hydrogen) atoms. The van der Waals surface area contributed by atoms with Gasteiger partial charge in [-0.3, -0.25) is 9.59 Å². The van der Waals surface area contributed by atoms with Crippen molar-refractivity contribution in [1.29, 1.82) is 0 Å². The highest BCUT2D eigenvalue weighted by atomic mass is 16.5. The quantitative estimate of drug-likeness (QED) is 0.0321. The van der Waals surface area contributed by atoms with E-state index in [1.54, 1.807) is 6.08 Å². The lowest BCUT2D eigenvalue weighted by molar-refractivity contribution is -0.143. The van der Waals surface area contributed by atoms with Crippen molar-refractivity contribution >= 4 is 11.9 Å². The zero-order valence-corrected chi connectivity index (χ0v) is 47.7. The summed E-state index contributed by atoms with van der Waals surface area (Å²) in [7, 11) is 0. The van der Waals surface area contributed by atoms with Gasteiger partial charge in [-0.25, -0.2) is 0 Å². The van der Waals surface area contributed by atoms with Gasteiger partial charge in [0.15, 0.2) is 0 Å². The van der Waals surface area contributed by atoms with Crippen LogP contribution in [0, 0.1) is 0 Å². The van der Waals surface area contributed by atoms with E-state index in [1.165, 1.54) is 263 Å². The van der Waals surface area contributed by atoms with Gasteiger partial charge < -0.3 is 20.3 Å². The number of amides is 1. The Morgan fingerprint density at radius 3 is 1.07 bits per heavy atom. The third-order valence-corrected chi connectivity index (χ3v) is 14.7. The summed E-state index contributed by atoms with van der Waals surface area (Å²) in [5.74, 6) is -0.103. The molecule has 0 aromatic carbocycles. The zero-order valence-electron chi connectivity index (χ0n) is 47.7. The molecular formula is C65H123NO5. The third kappa shape index (κ3) is 57.2. The van der Waals surface area contributed by atoms with Gasteiger partial charge in [-0.1, -0.05) is 314 Å². The fourth-order valence-electron chi connectivity index (χ4n) is 9.83. The second-order valence-corrected chi connectivity index (χ2v) is 21.7. The Kier molecular flexibility index (Phi) is 59.0. The highest BCUT2D eigenvalue weighted by Crippen LogP contribution is 2.18. The molecule has 1 amide bonds. The summed E-state index contributed by atoms with van der Waals surface area (Å²) in [6.07, 6.45) is 76.3. The lowest BCUT2D eigenvalue weighted by Crippen LogP contribution is -2.45. The van der Waals surface area contributed by atoms with Crippen LogP contribution in [0.25, 0.3) is 0 Å². The Balaban J connectivity index is 3.45. The number of allylic oxidation sites excluding steroid dienone is 4. The van der Waals surface area contributed by atoms with Gasteiger partial charge >= 0.3 is 5.97 Å². The molecule has 0 saturated carbocycles. The molecular weight excluding hydrogens is 875 g/mol. The summed E-state index contributed by atoms with van der Waals surface area (Å²) >= 11 is 0. The molecule has 2 unspecified atom stereocenters. The molecule has 6 heteroatoms. The van der Waals surface area contributed by atoms with E-state index < -0.39 is 12.1 Å². The number of aliphatic hydroxyl groups is 2. The van der Waals surface area contributed by atoms with E-state index in [0.717, 1.165) is 51.4 Å². The Morgan fingerprint density at radius 1 is 0.394 bits per heavy atom. The number of hydrogen-bond acceptors (Lipinski definition) is 5. The number of esters is 1. The number of carbonyl (C=O) groups excluding carboxylic acids is 2. The summed E-state index contributed by atoms with van der Waals surface area (Å²) in [6.45, 7) is 4.82. The van der Waals surface area contributed by atoms with Crippen molar-refractivity contribution in [3.8, 4) is 0 Å². The highest BCUT2D eigenvalue weighted by molar-refractivity contribution is 5.76. The first-order chi connectivity index (χ1) is 35.0. The van der Waals surface area contributed by atoms with E-state index in [2.05, 4.69) is 43.5 Å². The molecule has 0 bridgehead atoms. The number of nitrogens with one attached hydrogen (secondary N) is 1. The van der Waals surface area contributed by atoms with Crippen LogP contribution in [0.4, 0.5) is 0 Å². The second-order valence-electron chi connectivity index (χ2n) is 21.7. The molecule has 0 heterocycles. The van der Waals surface area contributed by atoms with Crippen LogP contribution in [0.2, 0.25) is 0 Å². The molecule has 0 radical (unpaired) electrons. The maximum atomic E-state index is 12.5. The summed E-state index contributed by atoms with van der Waals surface area (Å²) in [4.78, 5) is 24.5. The standard InChI is InChI=1S/C65H123NO5/c1-3-5-7-9-11-13-15-17-19-20-27-31-35-39-43-47-51-55-59-65(70)71-60-56-52-48-44-40-36-32-28-25-23-21-22-24-26-30-34-38-42-46-50-54-58-64(69)66-62(61-67)63(68)57-53-49-45-41-37-33-29-18-16-14-12-10-8-6-4-2/h36,40,48,52-53,57,62-63,67-68H,3-35,37-39,41-47,49-51,54-56,58-61H2,1-2H3,(H,66,69)/b40-36-,52-48-,57-53+. The molecule has 0 spiro atoms. The second kappa shape index (κ2) is 60.6. The average molecular weight is 999 g/mol. The SMILES string of the molecule is CCCCCCCCCCCCCCC/C=C/C(O)C(CO)NC(=O)CCCCCCCCCCCCCCCC/C=C\C/C=C\CCOC(=O)CCCCCCCCCCCCCCCCCCCC. The van der Waals surface area contributed by atoms with E-state index in [4.69, 9.17) is 4.74 Å². The predicted molar refractivity (Wildman–Crippen MR) is 310 cm³/mol. The van der Waals surface area contributed by atoms with Crippen LogP contribution >= 0.6 is 0 Å². The summed E-state index contributed by atoms with van der Waals surface area (Å²) < 4.78 is 5.43. The van der Waals surface area contributed by atoms with Crippen molar-refractivity contribution in [1.82, 2.24) is 5.32 Å². The minimum Gasteiger partial charge on any atom is -0.465 e. The van der Waals surface area contributed by atoms with Gasteiger partial charge in [-0.05, 0) is 51.4 Å². The van der Waals surface area contributed by atoms with Gasteiger partial charge in [-0.15, -0.1) is 0 Å². The van der Waals surface area contributed by atoms with E-state index >= 15 is 0 Å². The minimum absolute atomic E-state index is 0.0313. The number of ether oxygens (including phenoxy) is 1. The summed E-state index contributed by atoms with van der Waals surface area (Å²) in [5, 5.41) is 23.1. The van der Waals surface area contributed by atoms with Crippen molar-refractivity contribution in [2.24, 2.45) is 0 Å². The van der Waals surface area contributed by atoms with Crippen LogP contribution in [-0.2, 0) is 14.3 Å². The Hall–Kier alpha value is -1.92. The number of hydrogen-bond donors (Lipinski definition) is 3. The normalized spacial score (nSPS) is 12.8. The molecule has 0 aromatic heterocycles. The van der Waals surface area contributed by atoms with Gasteiger partial charge in [-0.2, -0.15) is 0 Å². The molecule has 418 valence electrons. The fraction of sp³-hybridized carbons (Fsp3) is 0.877. The van der Waals surface area contributed by atoms with E-state index in [-0.39, 0.29) is 18.5 Å². The van der Waals surface area contributed by atoms with Crippen molar-refractivity contribution < 1.29 is 24.5 Å². The topological polar surface area (TPSA) is 95.9 Å². The van der Waals surface area contributed by atoms with Crippen LogP contribution in [0.5, 0.6) is 0 Å². The van der Waals surface area contributed by atoms with Crippen molar-refractivity contribution in [2.75, 3.05) is 13.2 Å². The van der Waals surface area contributed by atoms with Gasteiger partial charge in [0.05, 0.1) is 25.4 Å². The first-order valence-corrected chi connectivity index (χ1v) is 31.8. The monoisotopic (exact) mass is 998 g/mol. The molecule has 0 aromatic rings. The fourth-order valence-corrected chi connectivity index (χ4v) is 9.83. The Labute approximate surface area is 443 Å². The molecule has 0 saturated heterocycles. The van der Waals surface area contributed by atoms with Gasteiger partial charge in [0.2, 0.25) is 5.91 Å². The number of rotatable bonds is 59. The van der Waals surface area contributed by atoms with Gasteiger partial charge in [0.25, 0.3) is 0 Å². The number of unbranched alkanes of at least 4 members (excludes halogenated alkanes) is 44. The first kappa shape index (κ1) is 69.1. The minimum atomic E-state index is -0.848. The predicted octanol–water partition coefficient (Wildman–Crippen LogP) is 20.0. The summed E-state index contributed by atoms with van der Waals surface area (Å²) in [6, 6.07) is -0.632. The molecule has 0 rings (SSSR count). The molecule has 0 aliphatic heterocycles. The van der Waals surface area contributed by atoms with Crippen LogP contribution in [0.15, 0.2) is 36.5 Å². The van der Waals surface area contributed by atoms with Crippen LogP contribution in [-0.4, -0.2) is 47.4 Å². The van der Waals surface area contributed by atoms with E-state index in [9.17, 15) is 19.8 Å².